The molecule has 0 aliphatic carbocycles. The summed E-state index contributed by atoms with van der Waals surface area (Å²) in [4.78, 5) is 29.1. The Morgan fingerprint density at radius 3 is 2.21 bits per heavy atom. The molecule has 0 spiro atoms. The number of hydrogen-bond donors (Lipinski definition) is 2. The topological polar surface area (TPSA) is 105 Å². The van der Waals surface area contributed by atoms with E-state index in [9.17, 15) is 22.4 Å². The Morgan fingerprint density at radius 1 is 0.905 bits per heavy atom. The van der Waals surface area contributed by atoms with E-state index in [2.05, 4.69) is 10.0 Å². The predicted molar refractivity (Wildman–Crippen MR) is 161 cm³/mol. The van der Waals surface area contributed by atoms with Gasteiger partial charge in [0.1, 0.15) is 11.9 Å². The van der Waals surface area contributed by atoms with Crippen LogP contribution in [0.2, 0.25) is 0 Å². The molecule has 10 heteroatoms. The van der Waals surface area contributed by atoms with Gasteiger partial charge in [-0.1, -0.05) is 61.5 Å². The zero-order valence-corrected chi connectivity index (χ0v) is 25.0. The van der Waals surface area contributed by atoms with Crippen molar-refractivity contribution in [2.75, 3.05) is 26.3 Å². The molecule has 0 aliphatic heterocycles. The molecule has 2 amide bonds. The summed E-state index contributed by atoms with van der Waals surface area (Å²) in [5.74, 6) is -0.901. The number of carbonyl (C=O) groups is 2. The lowest BCUT2D eigenvalue weighted by Crippen LogP contribution is -2.50. The van der Waals surface area contributed by atoms with Crippen molar-refractivity contribution < 1.29 is 27.1 Å². The van der Waals surface area contributed by atoms with E-state index in [0.29, 0.717) is 44.6 Å². The summed E-state index contributed by atoms with van der Waals surface area (Å²) in [6, 6.07) is 21.0. The van der Waals surface area contributed by atoms with Crippen LogP contribution in [0, 0.1) is 5.82 Å². The first kappa shape index (κ1) is 32.9. The molecule has 0 saturated carbocycles. The number of rotatable bonds is 17. The highest BCUT2D eigenvalue weighted by atomic mass is 32.2. The van der Waals surface area contributed by atoms with Gasteiger partial charge >= 0.3 is 0 Å². The highest BCUT2D eigenvalue weighted by Crippen LogP contribution is 2.18. The molecule has 2 N–H and O–H groups in total. The lowest BCUT2D eigenvalue weighted by Gasteiger charge is -2.31. The van der Waals surface area contributed by atoms with Gasteiger partial charge in [-0.25, -0.2) is 17.5 Å². The fraction of sp³-hybridized carbons (Fsp3) is 0.375. The second kappa shape index (κ2) is 16.7. The normalized spacial score (nSPS) is 12.1. The van der Waals surface area contributed by atoms with Gasteiger partial charge in [0.25, 0.3) is 0 Å². The minimum atomic E-state index is -3.58. The Kier molecular flexibility index (Phi) is 13.1. The van der Waals surface area contributed by atoms with Crippen LogP contribution in [0.1, 0.15) is 43.4 Å². The van der Waals surface area contributed by atoms with E-state index in [0.717, 1.165) is 11.1 Å². The summed E-state index contributed by atoms with van der Waals surface area (Å²) < 4.78 is 46.0. The minimum absolute atomic E-state index is 0.101. The van der Waals surface area contributed by atoms with Crippen molar-refractivity contribution in [1.82, 2.24) is 14.9 Å². The number of halogens is 1. The van der Waals surface area contributed by atoms with Crippen LogP contribution in [0.3, 0.4) is 0 Å². The molecule has 0 bridgehead atoms. The number of nitrogens with zero attached hydrogens (tertiary/aromatic N) is 1. The Hall–Kier alpha value is -3.60. The van der Waals surface area contributed by atoms with Crippen molar-refractivity contribution in [1.29, 1.82) is 0 Å². The molecule has 226 valence electrons. The van der Waals surface area contributed by atoms with Crippen LogP contribution < -0.4 is 10.0 Å². The van der Waals surface area contributed by atoms with Gasteiger partial charge in [-0.3, -0.25) is 9.59 Å². The van der Waals surface area contributed by atoms with Crippen LogP contribution >= 0.6 is 0 Å². The summed E-state index contributed by atoms with van der Waals surface area (Å²) in [6.07, 6.45) is 1.41. The van der Waals surface area contributed by atoms with Crippen molar-refractivity contribution in [3.8, 4) is 0 Å². The summed E-state index contributed by atoms with van der Waals surface area (Å²) in [5.41, 5.74) is 2.40. The third kappa shape index (κ3) is 10.3. The van der Waals surface area contributed by atoms with Gasteiger partial charge in [-0.2, -0.15) is 0 Å². The van der Waals surface area contributed by atoms with Crippen molar-refractivity contribution in [3.05, 3.63) is 101 Å². The molecule has 0 radical (unpaired) electrons. The minimum Gasteiger partial charge on any atom is -0.382 e. The molecule has 1 atom stereocenters. The Labute approximate surface area is 248 Å². The second-order valence-corrected chi connectivity index (χ2v) is 11.6. The zero-order valence-electron chi connectivity index (χ0n) is 24.2. The van der Waals surface area contributed by atoms with Crippen molar-refractivity contribution in [2.45, 2.75) is 57.0 Å². The molecule has 3 rings (SSSR count). The third-order valence-electron chi connectivity index (χ3n) is 6.70. The van der Waals surface area contributed by atoms with Crippen molar-refractivity contribution in [3.63, 3.8) is 0 Å². The van der Waals surface area contributed by atoms with E-state index in [4.69, 9.17) is 4.74 Å². The van der Waals surface area contributed by atoms with Crippen molar-refractivity contribution >= 4 is 21.8 Å². The van der Waals surface area contributed by atoms with Crippen LogP contribution in [-0.2, 0) is 43.7 Å². The highest BCUT2D eigenvalue weighted by Gasteiger charge is 2.30. The lowest BCUT2D eigenvalue weighted by atomic mass is 10.0. The molecule has 3 aromatic carbocycles. The van der Waals surface area contributed by atoms with Crippen molar-refractivity contribution in [2.24, 2.45) is 0 Å². The fourth-order valence-corrected chi connectivity index (χ4v) is 5.53. The van der Waals surface area contributed by atoms with Gasteiger partial charge in [-0.15, -0.1) is 0 Å². The smallest absolute Gasteiger partial charge is 0.243 e. The Bertz CT molecular complexity index is 1370. The average Bonchev–Trinajstić information content (AvgIpc) is 2.99. The monoisotopic (exact) mass is 597 g/mol. The molecular weight excluding hydrogens is 557 g/mol. The Balaban J connectivity index is 1.83. The molecule has 0 fully saturated rings. The van der Waals surface area contributed by atoms with E-state index in [1.54, 1.807) is 36.1 Å². The van der Waals surface area contributed by atoms with Gasteiger partial charge in [0.2, 0.25) is 21.8 Å². The number of amides is 2. The number of nitrogens with one attached hydrogen (secondary N) is 2. The van der Waals surface area contributed by atoms with E-state index < -0.39 is 16.1 Å². The van der Waals surface area contributed by atoms with Gasteiger partial charge in [0.05, 0.1) is 4.90 Å². The molecule has 0 heterocycles. The molecular formula is C32H40FN3O5S. The quantitative estimate of drug-likeness (QED) is 0.227. The highest BCUT2D eigenvalue weighted by molar-refractivity contribution is 7.89. The SMILES string of the molecule is CCNS(=O)(=O)c1ccc(CCC(=O)N(Cc2ccc(F)cc2)[C@H](Cc2ccccc2)C(=O)NCCCOCC)cc1. The number of carbonyl (C=O) groups excluding carboxylic acids is 2. The van der Waals surface area contributed by atoms with Crippen LogP contribution in [0.4, 0.5) is 4.39 Å². The fourth-order valence-electron chi connectivity index (χ4n) is 4.49. The molecule has 8 nitrogen and oxygen atoms in total. The van der Waals surface area contributed by atoms with Crippen LogP contribution in [0.15, 0.2) is 83.8 Å². The summed E-state index contributed by atoms with van der Waals surface area (Å²) in [7, 11) is -3.58. The van der Waals surface area contributed by atoms with E-state index >= 15 is 0 Å². The first-order valence-electron chi connectivity index (χ1n) is 14.3. The van der Waals surface area contributed by atoms with E-state index in [1.165, 1.54) is 24.3 Å². The Morgan fingerprint density at radius 2 is 1.57 bits per heavy atom. The second-order valence-electron chi connectivity index (χ2n) is 9.84. The van der Waals surface area contributed by atoms with Crippen LogP contribution in [0.25, 0.3) is 0 Å². The standard InChI is InChI=1S/C32H40FN3O5S/c1-3-35-42(39,40)29-18-13-25(14-19-29)15-20-31(37)36(24-27-11-16-28(33)17-12-27)30(23-26-9-6-5-7-10-26)32(38)34-21-8-22-41-4-2/h5-7,9-14,16-19,30,35H,3-4,8,15,20-24H2,1-2H3,(H,34,38)/t30-/m1/s1. The number of aryl methyl sites for hydroxylation is 1. The van der Waals surface area contributed by atoms with Gasteiger partial charge in [-0.05, 0) is 60.7 Å². The van der Waals surface area contributed by atoms with Crippen LogP contribution in [0.5, 0.6) is 0 Å². The molecule has 0 aromatic heterocycles. The zero-order chi connectivity index (χ0) is 30.4. The molecule has 0 aliphatic rings. The van der Waals surface area contributed by atoms with Gasteiger partial charge in [0.15, 0.2) is 0 Å². The largest absolute Gasteiger partial charge is 0.382 e. The molecule has 0 unspecified atom stereocenters. The molecule has 42 heavy (non-hydrogen) atoms. The summed E-state index contributed by atoms with van der Waals surface area (Å²) >= 11 is 0. The lowest BCUT2D eigenvalue weighted by molar-refractivity contribution is -0.141. The third-order valence-corrected chi connectivity index (χ3v) is 8.26. The first-order chi connectivity index (χ1) is 20.2. The van der Waals surface area contributed by atoms with Gasteiger partial charge in [0, 0.05) is 45.7 Å². The number of ether oxygens (including phenoxy) is 1. The summed E-state index contributed by atoms with van der Waals surface area (Å²) in [6.45, 7) is 5.56. The number of benzene rings is 3. The average molecular weight is 598 g/mol. The maximum absolute atomic E-state index is 13.8. The summed E-state index contributed by atoms with van der Waals surface area (Å²) in [5, 5.41) is 2.96. The number of sulfonamides is 1. The number of hydrogen-bond acceptors (Lipinski definition) is 5. The van der Waals surface area contributed by atoms with Gasteiger partial charge < -0.3 is 15.0 Å². The predicted octanol–water partition coefficient (Wildman–Crippen LogP) is 4.24. The molecule has 0 saturated heterocycles. The van der Waals surface area contributed by atoms with E-state index in [1.807, 2.05) is 37.3 Å². The maximum Gasteiger partial charge on any atom is 0.243 e. The van der Waals surface area contributed by atoms with E-state index in [-0.39, 0.29) is 42.0 Å². The maximum atomic E-state index is 13.8. The first-order valence-corrected chi connectivity index (χ1v) is 15.7. The van der Waals surface area contributed by atoms with Crippen LogP contribution in [-0.4, -0.2) is 57.5 Å². The molecule has 3 aromatic rings.